The molecule has 0 spiro atoms. The van der Waals surface area contributed by atoms with Crippen LogP contribution in [0.2, 0.25) is 0 Å². The lowest BCUT2D eigenvalue weighted by molar-refractivity contribution is 0.152. The second-order valence-corrected chi connectivity index (χ2v) is 8.60. The van der Waals surface area contributed by atoms with Crippen molar-refractivity contribution in [2.75, 3.05) is 7.11 Å². The third-order valence-electron chi connectivity index (χ3n) is 6.83. The molecule has 1 aromatic rings. The zero-order valence-corrected chi connectivity index (χ0v) is 17.3. The van der Waals surface area contributed by atoms with Crippen molar-refractivity contribution >= 4 is 0 Å². The molecule has 2 fully saturated rings. The van der Waals surface area contributed by atoms with Crippen molar-refractivity contribution in [3.63, 3.8) is 0 Å². The van der Waals surface area contributed by atoms with Gasteiger partial charge in [0.05, 0.1) is 7.11 Å². The van der Waals surface area contributed by atoms with E-state index in [9.17, 15) is 0 Å². The van der Waals surface area contributed by atoms with Gasteiger partial charge in [0, 0.05) is 5.56 Å². The van der Waals surface area contributed by atoms with Crippen LogP contribution in [0.15, 0.2) is 36.4 Å². The van der Waals surface area contributed by atoms with E-state index < -0.39 is 0 Å². The van der Waals surface area contributed by atoms with Crippen LogP contribution in [0.5, 0.6) is 5.75 Å². The summed E-state index contributed by atoms with van der Waals surface area (Å²) in [6.45, 7) is 2.34. The Hall–Kier alpha value is -1.68. The predicted octanol–water partition coefficient (Wildman–Crippen LogP) is 7.02. The molecule has 27 heavy (non-hydrogen) atoms. The van der Waals surface area contributed by atoms with Crippen LogP contribution in [0.3, 0.4) is 0 Å². The van der Waals surface area contributed by atoms with Crippen molar-refractivity contribution in [2.45, 2.75) is 71.1 Å². The van der Waals surface area contributed by atoms with Gasteiger partial charge in [-0.15, -0.1) is 0 Å². The zero-order chi connectivity index (χ0) is 18.9. The van der Waals surface area contributed by atoms with Gasteiger partial charge in [0.2, 0.25) is 0 Å². The topological polar surface area (TPSA) is 9.23 Å². The van der Waals surface area contributed by atoms with Crippen LogP contribution < -0.4 is 4.74 Å². The van der Waals surface area contributed by atoms with Crippen molar-refractivity contribution in [3.8, 4) is 17.6 Å². The number of rotatable bonds is 5. The average molecular weight is 365 g/mol. The maximum absolute atomic E-state index is 5.18. The van der Waals surface area contributed by atoms with Crippen LogP contribution in [0.1, 0.15) is 76.7 Å². The van der Waals surface area contributed by atoms with Gasteiger partial charge in [-0.05, 0) is 92.5 Å². The predicted molar refractivity (Wildman–Crippen MR) is 115 cm³/mol. The van der Waals surface area contributed by atoms with E-state index in [4.69, 9.17) is 4.74 Å². The quantitative estimate of drug-likeness (QED) is 0.510. The first-order valence-electron chi connectivity index (χ1n) is 11.1. The van der Waals surface area contributed by atoms with Gasteiger partial charge in [0.1, 0.15) is 5.75 Å². The van der Waals surface area contributed by atoms with Gasteiger partial charge >= 0.3 is 0 Å². The molecular weight excluding hydrogens is 328 g/mol. The van der Waals surface area contributed by atoms with Crippen molar-refractivity contribution < 1.29 is 4.74 Å². The first-order chi connectivity index (χ1) is 13.3. The molecule has 146 valence electrons. The minimum atomic E-state index is 0.739. The summed E-state index contributed by atoms with van der Waals surface area (Å²) in [4.78, 5) is 0. The highest BCUT2D eigenvalue weighted by Crippen LogP contribution is 2.42. The van der Waals surface area contributed by atoms with Crippen LogP contribution in [0.4, 0.5) is 0 Å². The van der Waals surface area contributed by atoms with Crippen LogP contribution >= 0.6 is 0 Å². The fourth-order valence-electron chi connectivity index (χ4n) is 5.15. The smallest absolute Gasteiger partial charge is 0.118 e. The van der Waals surface area contributed by atoms with E-state index >= 15 is 0 Å². The van der Waals surface area contributed by atoms with Crippen LogP contribution in [-0.4, -0.2) is 7.11 Å². The number of methoxy groups -OCH3 is 1. The SMILES string of the molecule is CCCC1CCC(C2CCC(C=CC#Cc3ccc(OC)cc3)CC2)CC1. The maximum Gasteiger partial charge on any atom is 0.118 e. The molecule has 0 bridgehead atoms. The maximum atomic E-state index is 5.18. The molecule has 1 aromatic carbocycles. The number of ether oxygens (including phenoxy) is 1. The third-order valence-corrected chi connectivity index (χ3v) is 6.83. The van der Waals surface area contributed by atoms with E-state index in [1.807, 2.05) is 24.3 Å². The Morgan fingerprint density at radius 2 is 1.56 bits per heavy atom. The Bertz CT molecular complexity index is 629. The summed E-state index contributed by atoms with van der Waals surface area (Å²) in [5, 5.41) is 0. The first-order valence-corrected chi connectivity index (χ1v) is 11.1. The molecule has 0 heterocycles. The molecule has 0 saturated heterocycles. The lowest BCUT2D eigenvalue weighted by Crippen LogP contribution is -2.25. The second-order valence-electron chi connectivity index (χ2n) is 8.60. The molecule has 0 unspecified atom stereocenters. The summed E-state index contributed by atoms with van der Waals surface area (Å²) in [6.07, 6.45) is 18.9. The van der Waals surface area contributed by atoms with E-state index in [0.29, 0.717) is 0 Å². The molecule has 3 rings (SSSR count). The van der Waals surface area contributed by atoms with Crippen molar-refractivity contribution in [2.24, 2.45) is 23.7 Å². The van der Waals surface area contributed by atoms with E-state index in [1.165, 1.54) is 64.2 Å². The lowest BCUT2D eigenvalue weighted by atomic mass is 9.69. The molecule has 2 aliphatic carbocycles. The highest BCUT2D eigenvalue weighted by atomic mass is 16.5. The molecule has 0 amide bonds. The Morgan fingerprint density at radius 3 is 2.15 bits per heavy atom. The van der Waals surface area contributed by atoms with Gasteiger partial charge in [-0.1, -0.05) is 50.5 Å². The minimum absolute atomic E-state index is 0.739. The summed E-state index contributed by atoms with van der Waals surface area (Å²) in [7, 11) is 1.69. The summed E-state index contributed by atoms with van der Waals surface area (Å²) in [6, 6.07) is 7.95. The third kappa shape index (κ3) is 6.17. The van der Waals surface area contributed by atoms with Crippen LogP contribution in [-0.2, 0) is 0 Å². The highest BCUT2D eigenvalue weighted by molar-refractivity contribution is 5.40. The van der Waals surface area contributed by atoms with Gasteiger partial charge in [-0.3, -0.25) is 0 Å². The van der Waals surface area contributed by atoms with Crippen LogP contribution in [0, 0.1) is 35.5 Å². The second kappa shape index (κ2) is 10.6. The number of hydrogen-bond donors (Lipinski definition) is 0. The summed E-state index contributed by atoms with van der Waals surface area (Å²) in [5.41, 5.74) is 1.04. The molecule has 1 nitrogen and oxygen atoms in total. The summed E-state index contributed by atoms with van der Waals surface area (Å²) in [5.74, 6) is 11.1. The molecule has 1 heteroatoms. The Balaban J connectivity index is 1.39. The number of hydrogen-bond acceptors (Lipinski definition) is 1. The van der Waals surface area contributed by atoms with Crippen molar-refractivity contribution in [3.05, 3.63) is 42.0 Å². The highest BCUT2D eigenvalue weighted by Gasteiger charge is 2.29. The molecule has 2 saturated carbocycles. The normalized spacial score (nSPS) is 28.5. The fourth-order valence-corrected chi connectivity index (χ4v) is 5.15. The van der Waals surface area contributed by atoms with E-state index in [1.54, 1.807) is 7.11 Å². The van der Waals surface area contributed by atoms with E-state index in [0.717, 1.165) is 35.0 Å². The molecule has 0 aromatic heterocycles. The Labute approximate surface area is 166 Å². The summed E-state index contributed by atoms with van der Waals surface area (Å²) >= 11 is 0. The van der Waals surface area contributed by atoms with Crippen molar-refractivity contribution in [1.82, 2.24) is 0 Å². The molecular formula is C26H36O. The first kappa shape index (κ1) is 20.1. The van der Waals surface area contributed by atoms with Gasteiger partial charge in [-0.2, -0.15) is 0 Å². The average Bonchev–Trinajstić information content (AvgIpc) is 2.73. The van der Waals surface area contributed by atoms with Crippen molar-refractivity contribution in [1.29, 1.82) is 0 Å². The van der Waals surface area contributed by atoms with Gasteiger partial charge < -0.3 is 4.74 Å². The number of allylic oxidation sites excluding steroid dienone is 2. The molecule has 0 aliphatic heterocycles. The monoisotopic (exact) mass is 364 g/mol. The lowest BCUT2D eigenvalue weighted by Gasteiger charge is -2.37. The molecule has 0 N–H and O–H groups in total. The Kier molecular flexibility index (Phi) is 7.88. The number of benzene rings is 1. The van der Waals surface area contributed by atoms with E-state index in [2.05, 4.69) is 30.9 Å². The minimum Gasteiger partial charge on any atom is -0.497 e. The fraction of sp³-hybridized carbons (Fsp3) is 0.615. The van der Waals surface area contributed by atoms with Crippen LogP contribution in [0.25, 0.3) is 0 Å². The van der Waals surface area contributed by atoms with Gasteiger partial charge in [0.15, 0.2) is 0 Å². The molecule has 0 radical (unpaired) electrons. The molecule has 2 aliphatic rings. The largest absolute Gasteiger partial charge is 0.497 e. The van der Waals surface area contributed by atoms with Gasteiger partial charge in [0.25, 0.3) is 0 Å². The van der Waals surface area contributed by atoms with Gasteiger partial charge in [-0.25, -0.2) is 0 Å². The standard InChI is InChI=1S/C26H36O/c1-3-6-21-9-15-24(16-10-21)25-17-11-22(12-18-25)7-4-5-8-23-13-19-26(27-2)20-14-23/h4,7,13-14,19-22,24-25H,3,6,9-12,15-18H2,1-2H3. The zero-order valence-electron chi connectivity index (χ0n) is 17.3. The summed E-state index contributed by atoms with van der Waals surface area (Å²) < 4.78 is 5.18. The molecule has 0 atom stereocenters. The van der Waals surface area contributed by atoms with E-state index in [-0.39, 0.29) is 0 Å². The Morgan fingerprint density at radius 1 is 0.926 bits per heavy atom.